The molecule has 0 fully saturated rings. The highest BCUT2D eigenvalue weighted by molar-refractivity contribution is 5.78. The Balaban J connectivity index is 4.61. The van der Waals surface area contributed by atoms with Crippen LogP contribution in [0.25, 0.3) is 0 Å². The number of rotatable bonds is 8. The van der Waals surface area contributed by atoms with E-state index in [9.17, 15) is 9.90 Å². The molecule has 3 atom stereocenters. The molecule has 4 heteroatoms. The Labute approximate surface area is 105 Å². The molecule has 0 rings (SSSR count). The van der Waals surface area contributed by atoms with Crippen molar-refractivity contribution in [2.75, 3.05) is 13.6 Å². The molecular formula is C13H28N2O2. The fraction of sp³-hybridized carbons (Fsp3) is 0.923. The van der Waals surface area contributed by atoms with E-state index in [2.05, 4.69) is 38.0 Å². The fourth-order valence-corrected chi connectivity index (χ4v) is 2.08. The second-order valence-electron chi connectivity index (χ2n) is 5.14. The van der Waals surface area contributed by atoms with E-state index in [0.717, 1.165) is 6.42 Å². The predicted octanol–water partition coefficient (Wildman–Crippen LogP) is 1.95. The summed E-state index contributed by atoms with van der Waals surface area (Å²) in [6.07, 6.45) is 1.68. The van der Waals surface area contributed by atoms with Gasteiger partial charge in [-0.15, -0.1) is 0 Å². The van der Waals surface area contributed by atoms with Crippen molar-refractivity contribution >= 4 is 5.97 Å². The maximum Gasteiger partial charge on any atom is 0.323 e. The monoisotopic (exact) mass is 244 g/mol. The van der Waals surface area contributed by atoms with Gasteiger partial charge in [0.2, 0.25) is 0 Å². The fourth-order valence-electron chi connectivity index (χ4n) is 2.08. The molecule has 0 amide bonds. The van der Waals surface area contributed by atoms with Crippen LogP contribution < -0.4 is 5.32 Å². The summed E-state index contributed by atoms with van der Waals surface area (Å²) < 4.78 is 0. The Morgan fingerprint density at radius 2 is 1.88 bits per heavy atom. The molecule has 0 aromatic heterocycles. The van der Waals surface area contributed by atoms with Crippen molar-refractivity contribution in [3.63, 3.8) is 0 Å². The second-order valence-corrected chi connectivity index (χ2v) is 5.14. The third-order valence-electron chi connectivity index (χ3n) is 3.72. The molecule has 4 nitrogen and oxygen atoms in total. The van der Waals surface area contributed by atoms with Crippen LogP contribution in [-0.4, -0.2) is 47.2 Å². The zero-order valence-electron chi connectivity index (χ0n) is 12.1. The van der Waals surface area contributed by atoms with Gasteiger partial charge in [-0.25, -0.2) is 0 Å². The normalized spacial score (nSPS) is 18.8. The van der Waals surface area contributed by atoms with Gasteiger partial charge in [0, 0.05) is 12.1 Å². The summed E-state index contributed by atoms with van der Waals surface area (Å²) in [5, 5.41) is 12.4. The summed E-state index contributed by atoms with van der Waals surface area (Å²) >= 11 is 0. The number of nitrogens with one attached hydrogen (secondary N) is 1. The summed E-state index contributed by atoms with van der Waals surface area (Å²) in [6, 6.07) is 0.717. The van der Waals surface area contributed by atoms with Crippen molar-refractivity contribution in [2.24, 2.45) is 0 Å². The van der Waals surface area contributed by atoms with Crippen molar-refractivity contribution in [3.05, 3.63) is 0 Å². The Hall–Kier alpha value is -0.610. The van der Waals surface area contributed by atoms with Crippen molar-refractivity contribution < 1.29 is 9.90 Å². The van der Waals surface area contributed by atoms with Gasteiger partial charge in [0.05, 0.1) is 0 Å². The van der Waals surface area contributed by atoms with Crippen LogP contribution in [-0.2, 0) is 4.79 Å². The highest BCUT2D eigenvalue weighted by Gasteiger charge is 2.35. The lowest BCUT2D eigenvalue weighted by Gasteiger charge is -2.36. The molecule has 0 aliphatic heterocycles. The highest BCUT2D eigenvalue weighted by Crippen LogP contribution is 2.18. The minimum atomic E-state index is -0.837. The van der Waals surface area contributed by atoms with Crippen LogP contribution in [0.4, 0.5) is 0 Å². The van der Waals surface area contributed by atoms with Gasteiger partial charge in [-0.1, -0.05) is 13.8 Å². The van der Waals surface area contributed by atoms with Gasteiger partial charge in [-0.3, -0.25) is 4.79 Å². The number of carbonyl (C=O) groups is 1. The third kappa shape index (κ3) is 4.64. The first-order chi connectivity index (χ1) is 7.78. The molecule has 0 radical (unpaired) electrons. The number of nitrogens with zero attached hydrogens (tertiary/aromatic N) is 1. The van der Waals surface area contributed by atoms with Gasteiger partial charge in [-0.2, -0.15) is 0 Å². The minimum absolute atomic E-state index is 0.241. The van der Waals surface area contributed by atoms with Gasteiger partial charge in [0.15, 0.2) is 0 Å². The molecule has 0 aromatic carbocycles. The first kappa shape index (κ1) is 16.4. The maximum absolute atomic E-state index is 11.3. The number of aliphatic carboxylic acids is 1. The van der Waals surface area contributed by atoms with E-state index >= 15 is 0 Å². The lowest BCUT2D eigenvalue weighted by Crippen LogP contribution is -2.53. The Bertz CT molecular complexity index is 246. The molecule has 0 saturated carbocycles. The number of carboxylic acid groups (broad SMARTS) is 1. The second kappa shape index (κ2) is 6.97. The summed E-state index contributed by atoms with van der Waals surface area (Å²) in [6.45, 7) is 10.8. The Morgan fingerprint density at radius 1 is 1.35 bits per heavy atom. The summed E-state index contributed by atoms with van der Waals surface area (Å²) in [5.74, 6) is -0.774. The number of carboxylic acids is 1. The van der Waals surface area contributed by atoms with E-state index in [-0.39, 0.29) is 6.04 Å². The molecule has 0 aliphatic rings. The van der Waals surface area contributed by atoms with Crippen molar-refractivity contribution in [1.82, 2.24) is 10.2 Å². The van der Waals surface area contributed by atoms with Crippen LogP contribution in [0.2, 0.25) is 0 Å². The standard InChI is InChI=1S/C13H28N2O2/c1-7-10(3)15(6)11(4)9-13(5,12(16)17)14-8-2/h10-11,14H,7-9H2,1-6H3,(H,16,17). The van der Waals surface area contributed by atoms with Crippen molar-refractivity contribution in [1.29, 1.82) is 0 Å². The Kier molecular flexibility index (Phi) is 6.72. The first-order valence-electron chi connectivity index (χ1n) is 6.48. The average molecular weight is 244 g/mol. The SMILES string of the molecule is CCNC(C)(CC(C)N(C)C(C)CC)C(=O)O. The molecule has 0 spiro atoms. The summed E-state index contributed by atoms with van der Waals surface area (Å²) in [7, 11) is 2.06. The number of hydrogen-bond donors (Lipinski definition) is 2. The smallest absolute Gasteiger partial charge is 0.323 e. The van der Waals surface area contributed by atoms with Crippen molar-refractivity contribution in [3.8, 4) is 0 Å². The average Bonchev–Trinajstić information content (AvgIpc) is 2.26. The molecule has 3 unspecified atom stereocenters. The first-order valence-corrected chi connectivity index (χ1v) is 6.48. The lowest BCUT2D eigenvalue weighted by molar-refractivity contribution is -0.145. The van der Waals surface area contributed by atoms with Gasteiger partial charge in [0.25, 0.3) is 0 Å². The van der Waals surface area contributed by atoms with E-state index in [1.165, 1.54) is 0 Å². The van der Waals surface area contributed by atoms with Crippen LogP contribution in [0.15, 0.2) is 0 Å². The van der Waals surface area contributed by atoms with Crippen LogP contribution in [0.1, 0.15) is 47.5 Å². The van der Waals surface area contributed by atoms with Crippen LogP contribution in [0, 0.1) is 0 Å². The van der Waals surface area contributed by atoms with Crippen LogP contribution in [0.5, 0.6) is 0 Å². The molecule has 0 bridgehead atoms. The summed E-state index contributed by atoms with van der Waals surface area (Å²) in [4.78, 5) is 13.6. The van der Waals surface area contributed by atoms with E-state index in [1.54, 1.807) is 6.92 Å². The van der Waals surface area contributed by atoms with E-state index < -0.39 is 11.5 Å². The zero-order valence-corrected chi connectivity index (χ0v) is 12.1. The summed E-state index contributed by atoms with van der Waals surface area (Å²) in [5.41, 5.74) is -0.837. The number of hydrogen-bond acceptors (Lipinski definition) is 3. The van der Waals surface area contributed by atoms with Gasteiger partial charge in [-0.05, 0) is 47.2 Å². The topological polar surface area (TPSA) is 52.6 Å². The molecule has 0 aromatic rings. The predicted molar refractivity (Wildman–Crippen MR) is 71.3 cm³/mol. The van der Waals surface area contributed by atoms with Crippen molar-refractivity contribution in [2.45, 2.75) is 65.1 Å². The molecule has 2 N–H and O–H groups in total. The van der Waals surface area contributed by atoms with Crippen LogP contribution >= 0.6 is 0 Å². The quantitative estimate of drug-likeness (QED) is 0.685. The molecular weight excluding hydrogens is 216 g/mol. The molecule has 0 aliphatic carbocycles. The molecule has 0 heterocycles. The lowest BCUT2D eigenvalue weighted by atomic mass is 9.92. The largest absolute Gasteiger partial charge is 0.480 e. The highest BCUT2D eigenvalue weighted by atomic mass is 16.4. The Morgan fingerprint density at radius 3 is 2.24 bits per heavy atom. The van der Waals surface area contributed by atoms with Gasteiger partial charge >= 0.3 is 5.97 Å². The van der Waals surface area contributed by atoms with Gasteiger partial charge in [0.1, 0.15) is 5.54 Å². The van der Waals surface area contributed by atoms with Crippen LogP contribution in [0.3, 0.4) is 0 Å². The molecule has 0 saturated heterocycles. The van der Waals surface area contributed by atoms with E-state index in [4.69, 9.17) is 0 Å². The zero-order chi connectivity index (χ0) is 13.6. The number of likely N-dealkylation sites (N-methyl/N-ethyl adjacent to an activating group) is 1. The molecule has 17 heavy (non-hydrogen) atoms. The van der Waals surface area contributed by atoms with Gasteiger partial charge < -0.3 is 15.3 Å². The minimum Gasteiger partial charge on any atom is -0.480 e. The van der Waals surface area contributed by atoms with E-state index in [0.29, 0.717) is 19.0 Å². The third-order valence-corrected chi connectivity index (χ3v) is 3.72. The maximum atomic E-state index is 11.3. The van der Waals surface area contributed by atoms with E-state index in [1.807, 2.05) is 6.92 Å². The molecule has 102 valence electrons.